The lowest BCUT2D eigenvalue weighted by molar-refractivity contribution is -0.116. The molecule has 2 heterocycles. The zero-order chi connectivity index (χ0) is 18.8. The maximum absolute atomic E-state index is 14.7. The number of aromatic amines is 1. The molecular weight excluding hydrogens is 408 g/mol. The fourth-order valence-electron chi connectivity index (χ4n) is 2.60. The van der Waals surface area contributed by atoms with Crippen molar-refractivity contribution < 1.29 is 18.4 Å². The Bertz CT molecular complexity index is 1020. The van der Waals surface area contributed by atoms with Crippen LogP contribution in [0.15, 0.2) is 35.1 Å². The van der Waals surface area contributed by atoms with Crippen LogP contribution in [-0.4, -0.2) is 21.7 Å². The number of nitrogens with zero attached hydrogens (tertiary/aromatic N) is 1. The van der Waals surface area contributed by atoms with E-state index in [2.05, 4.69) is 31.2 Å². The van der Waals surface area contributed by atoms with Crippen molar-refractivity contribution in [1.82, 2.24) is 9.97 Å². The molecule has 0 saturated heterocycles. The zero-order valence-corrected chi connectivity index (χ0v) is 15.3. The van der Waals surface area contributed by atoms with E-state index in [0.717, 1.165) is 12.1 Å². The summed E-state index contributed by atoms with van der Waals surface area (Å²) in [6.45, 7) is 1.80. The molecule has 134 valence electrons. The minimum Gasteiger partial charge on any atom is -0.345 e. The number of H-pyrrole nitrogens is 1. The number of rotatable bonds is 5. The van der Waals surface area contributed by atoms with Crippen molar-refractivity contribution in [3.05, 3.63) is 57.8 Å². The molecule has 1 amide bonds. The maximum Gasteiger partial charge on any atom is 0.224 e. The van der Waals surface area contributed by atoms with Gasteiger partial charge in [-0.15, -0.1) is 0 Å². The summed E-state index contributed by atoms with van der Waals surface area (Å²) in [5.41, 5.74) is -0.444. The third kappa shape index (κ3) is 3.37. The quantitative estimate of drug-likeness (QED) is 0.592. The maximum atomic E-state index is 14.7. The van der Waals surface area contributed by atoms with E-state index in [4.69, 9.17) is 0 Å². The number of hydrogen-bond acceptors (Lipinski definition) is 3. The third-order valence-electron chi connectivity index (χ3n) is 3.81. The molecule has 2 aromatic heterocycles. The molecule has 0 radical (unpaired) electrons. The summed E-state index contributed by atoms with van der Waals surface area (Å²) in [5.74, 6) is -3.34. The van der Waals surface area contributed by atoms with Crippen molar-refractivity contribution in [3.63, 3.8) is 0 Å². The van der Waals surface area contributed by atoms with E-state index in [0.29, 0.717) is 21.9 Å². The molecule has 2 N–H and O–H groups in total. The standard InChI is InChI=1S/C18H14BrF2N3O2/c1-2-3-14(25)24-13-5-4-12(20)15(16(13)21)17(26)11-8-23-18-10(11)6-9(19)7-22-18/h4-8H,2-3H2,1H3,(H,22,23)(H,24,25). The fourth-order valence-corrected chi connectivity index (χ4v) is 2.93. The van der Waals surface area contributed by atoms with Gasteiger partial charge in [-0.05, 0) is 40.5 Å². The van der Waals surface area contributed by atoms with Crippen LogP contribution in [0, 0.1) is 11.6 Å². The summed E-state index contributed by atoms with van der Waals surface area (Å²) in [7, 11) is 0. The highest BCUT2D eigenvalue weighted by Gasteiger charge is 2.25. The molecule has 8 heteroatoms. The Kier molecular flexibility index (Phi) is 5.13. The van der Waals surface area contributed by atoms with Gasteiger partial charge in [0.2, 0.25) is 11.7 Å². The smallest absolute Gasteiger partial charge is 0.224 e. The Labute approximate surface area is 155 Å². The third-order valence-corrected chi connectivity index (χ3v) is 4.25. The van der Waals surface area contributed by atoms with Crippen LogP contribution in [0.4, 0.5) is 14.5 Å². The molecule has 5 nitrogen and oxygen atoms in total. The number of carbonyl (C=O) groups is 2. The molecule has 0 unspecified atom stereocenters. The number of benzene rings is 1. The van der Waals surface area contributed by atoms with Gasteiger partial charge >= 0.3 is 0 Å². The Balaban J connectivity index is 2.06. The number of halogens is 3. The second-order valence-electron chi connectivity index (χ2n) is 5.66. The molecule has 0 aliphatic rings. The number of anilines is 1. The molecule has 26 heavy (non-hydrogen) atoms. The van der Waals surface area contributed by atoms with Gasteiger partial charge in [0.1, 0.15) is 11.5 Å². The molecule has 0 spiro atoms. The Morgan fingerprint density at radius 3 is 2.81 bits per heavy atom. The van der Waals surface area contributed by atoms with E-state index in [-0.39, 0.29) is 17.7 Å². The summed E-state index contributed by atoms with van der Waals surface area (Å²) >= 11 is 3.26. The molecule has 1 aromatic carbocycles. The molecule has 0 saturated carbocycles. The molecule has 0 aliphatic carbocycles. The minimum absolute atomic E-state index is 0.0867. The average molecular weight is 422 g/mol. The highest BCUT2D eigenvalue weighted by molar-refractivity contribution is 9.10. The SMILES string of the molecule is CCCC(=O)Nc1ccc(F)c(C(=O)c2c[nH]c3ncc(Br)cc23)c1F. The van der Waals surface area contributed by atoms with Gasteiger partial charge in [0.15, 0.2) is 5.82 Å². The van der Waals surface area contributed by atoms with Crippen LogP contribution in [-0.2, 0) is 4.79 Å². The Morgan fingerprint density at radius 2 is 2.08 bits per heavy atom. The number of hydrogen-bond donors (Lipinski definition) is 2. The van der Waals surface area contributed by atoms with Crippen LogP contribution in [0.5, 0.6) is 0 Å². The lowest BCUT2D eigenvalue weighted by Gasteiger charge is -2.10. The van der Waals surface area contributed by atoms with Crippen LogP contribution >= 0.6 is 15.9 Å². The lowest BCUT2D eigenvalue weighted by Crippen LogP contribution is -2.15. The number of fused-ring (bicyclic) bond motifs is 1. The first-order chi connectivity index (χ1) is 12.4. The molecule has 0 bridgehead atoms. The van der Waals surface area contributed by atoms with E-state index in [1.54, 1.807) is 13.0 Å². The van der Waals surface area contributed by atoms with Crippen molar-refractivity contribution in [2.45, 2.75) is 19.8 Å². The van der Waals surface area contributed by atoms with Gasteiger partial charge < -0.3 is 10.3 Å². The van der Waals surface area contributed by atoms with Crippen LogP contribution in [0.2, 0.25) is 0 Å². The number of ketones is 1. The topological polar surface area (TPSA) is 74.8 Å². The predicted octanol–water partition coefficient (Wildman–Crippen LogP) is 4.57. The summed E-state index contributed by atoms with van der Waals surface area (Å²) in [4.78, 5) is 31.4. The number of pyridine rings is 1. The van der Waals surface area contributed by atoms with Crippen LogP contribution in [0.25, 0.3) is 11.0 Å². The summed E-state index contributed by atoms with van der Waals surface area (Å²) in [5, 5.41) is 2.80. The summed E-state index contributed by atoms with van der Waals surface area (Å²) in [6, 6.07) is 3.69. The second-order valence-corrected chi connectivity index (χ2v) is 6.58. The summed E-state index contributed by atoms with van der Waals surface area (Å²) in [6.07, 6.45) is 3.67. The van der Waals surface area contributed by atoms with Gasteiger partial charge in [-0.3, -0.25) is 9.59 Å². The largest absolute Gasteiger partial charge is 0.345 e. The first-order valence-corrected chi connectivity index (χ1v) is 8.66. The molecular formula is C18H14BrF2N3O2. The number of amides is 1. The minimum atomic E-state index is -1.10. The molecule has 0 fully saturated rings. The first kappa shape index (κ1) is 18.2. The van der Waals surface area contributed by atoms with Crippen LogP contribution in [0.3, 0.4) is 0 Å². The second kappa shape index (κ2) is 7.33. The van der Waals surface area contributed by atoms with Crippen molar-refractivity contribution in [3.8, 4) is 0 Å². The Morgan fingerprint density at radius 1 is 1.31 bits per heavy atom. The molecule has 0 aliphatic heterocycles. The highest BCUT2D eigenvalue weighted by atomic mass is 79.9. The van der Waals surface area contributed by atoms with Crippen molar-refractivity contribution >= 4 is 44.3 Å². The average Bonchev–Trinajstić information content (AvgIpc) is 3.00. The van der Waals surface area contributed by atoms with Gasteiger partial charge in [0.05, 0.1) is 11.3 Å². The molecule has 0 atom stereocenters. The lowest BCUT2D eigenvalue weighted by atomic mass is 10.0. The fraction of sp³-hybridized carbons (Fsp3) is 0.167. The molecule has 3 rings (SSSR count). The van der Waals surface area contributed by atoms with Crippen molar-refractivity contribution in [2.24, 2.45) is 0 Å². The zero-order valence-electron chi connectivity index (χ0n) is 13.7. The van der Waals surface area contributed by atoms with Crippen molar-refractivity contribution in [1.29, 1.82) is 0 Å². The van der Waals surface area contributed by atoms with Gasteiger partial charge in [-0.1, -0.05) is 6.92 Å². The van der Waals surface area contributed by atoms with E-state index < -0.39 is 28.9 Å². The first-order valence-electron chi connectivity index (χ1n) is 7.87. The normalized spacial score (nSPS) is 10.9. The molecule has 3 aromatic rings. The van der Waals surface area contributed by atoms with Gasteiger partial charge in [-0.2, -0.15) is 0 Å². The predicted molar refractivity (Wildman–Crippen MR) is 97.1 cm³/mol. The number of aromatic nitrogens is 2. The van der Waals surface area contributed by atoms with Gasteiger partial charge in [-0.25, -0.2) is 13.8 Å². The van der Waals surface area contributed by atoms with Crippen molar-refractivity contribution in [2.75, 3.05) is 5.32 Å². The van der Waals surface area contributed by atoms with E-state index >= 15 is 0 Å². The summed E-state index contributed by atoms with van der Waals surface area (Å²) < 4.78 is 29.6. The monoisotopic (exact) mass is 421 g/mol. The number of nitrogens with one attached hydrogen (secondary N) is 2. The van der Waals surface area contributed by atoms with Crippen LogP contribution < -0.4 is 5.32 Å². The van der Waals surface area contributed by atoms with Crippen LogP contribution in [0.1, 0.15) is 35.7 Å². The Hall–Kier alpha value is -2.61. The number of carbonyl (C=O) groups excluding carboxylic acids is 2. The van der Waals surface area contributed by atoms with Gasteiger partial charge in [0.25, 0.3) is 0 Å². The van der Waals surface area contributed by atoms with E-state index in [1.165, 1.54) is 12.4 Å². The van der Waals surface area contributed by atoms with Gasteiger partial charge in [0, 0.05) is 34.2 Å². The van der Waals surface area contributed by atoms with E-state index in [9.17, 15) is 18.4 Å². The van der Waals surface area contributed by atoms with E-state index in [1.807, 2.05) is 0 Å². The highest BCUT2D eigenvalue weighted by Crippen LogP contribution is 2.28.